The lowest BCUT2D eigenvalue weighted by Gasteiger charge is -2.73. The lowest BCUT2D eigenvalue weighted by atomic mass is 9.39. The van der Waals surface area contributed by atoms with Gasteiger partial charge in [0.2, 0.25) is 5.76 Å². The highest BCUT2D eigenvalue weighted by Gasteiger charge is 2.71. The molecule has 2 saturated heterocycles. The summed E-state index contributed by atoms with van der Waals surface area (Å²) in [5.41, 5.74) is 2.07. The van der Waals surface area contributed by atoms with E-state index in [0.717, 1.165) is 25.0 Å². The molecular formula is C26H31NO5. The first-order valence-corrected chi connectivity index (χ1v) is 11.4. The summed E-state index contributed by atoms with van der Waals surface area (Å²) in [6.07, 6.45) is 4.67. The molecule has 4 bridgehead atoms. The highest BCUT2D eigenvalue weighted by molar-refractivity contribution is 5.96. The Morgan fingerprint density at radius 2 is 2.03 bits per heavy atom. The maximum absolute atomic E-state index is 13.4. The van der Waals surface area contributed by atoms with E-state index in [1.165, 1.54) is 23.5 Å². The number of nitrogens with zero attached hydrogens (tertiary/aromatic N) is 1. The number of likely N-dealkylation sites (N-methyl/N-ethyl adjacent to an activating group) is 1. The summed E-state index contributed by atoms with van der Waals surface area (Å²) in [4.78, 5) is 28.3. The van der Waals surface area contributed by atoms with Crippen LogP contribution in [0.15, 0.2) is 41.0 Å². The number of esters is 2. The molecule has 1 aromatic heterocycles. The summed E-state index contributed by atoms with van der Waals surface area (Å²) < 4.78 is 16.0. The number of hydrogen-bond acceptors (Lipinski definition) is 6. The Morgan fingerprint density at radius 1 is 1.25 bits per heavy atom. The van der Waals surface area contributed by atoms with Crippen LogP contribution in [0.5, 0.6) is 5.75 Å². The molecule has 6 heteroatoms. The van der Waals surface area contributed by atoms with Crippen molar-refractivity contribution >= 4 is 11.9 Å². The van der Waals surface area contributed by atoms with Crippen molar-refractivity contribution in [3.63, 3.8) is 0 Å². The molecule has 5 atom stereocenters. The fraction of sp³-hybridized carbons (Fsp3) is 0.538. The second kappa shape index (κ2) is 6.95. The Balaban J connectivity index is 1.55. The monoisotopic (exact) mass is 437 g/mol. The zero-order chi connectivity index (χ0) is 22.9. The van der Waals surface area contributed by atoms with Crippen molar-refractivity contribution in [3.05, 3.63) is 53.5 Å². The third kappa shape index (κ3) is 2.56. The molecule has 0 radical (unpaired) electrons. The molecule has 32 heavy (non-hydrogen) atoms. The fourth-order valence-electron chi connectivity index (χ4n) is 7.27. The van der Waals surface area contributed by atoms with Gasteiger partial charge in [-0.15, -0.1) is 0 Å². The lowest BCUT2D eigenvalue weighted by molar-refractivity contribution is -0.210. The van der Waals surface area contributed by atoms with Crippen LogP contribution in [0.2, 0.25) is 0 Å². The van der Waals surface area contributed by atoms with Gasteiger partial charge in [-0.3, -0.25) is 9.69 Å². The third-order valence-electron chi connectivity index (χ3n) is 9.24. The molecule has 3 fully saturated rings. The van der Waals surface area contributed by atoms with E-state index in [9.17, 15) is 9.59 Å². The minimum Gasteiger partial charge on any atom is -0.497 e. The fourth-order valence-corrected chi connectivity index (χ4v) is 7.27. The van der Waals surface area contributed by atoms with Gasteiger partial charge in [-0.1, -0.05) is 26.8 Å². The Morgan fingerprint density at radius 3 is 2.69 bits per heavy atom. The minimum absolute atomic E-state index is 0.0503. The van der Waals surface area contributed by atoms with Gasteiger partial charge in [0.15, 0.2) is 0 Å². The quantitative estimate of drug-likeness (QED) is 0.523. The summed E-state index contributed by atoms with van der Waals surface area (Å²) in [5.74, 6) is -0.625. The molecule has 0 N–H and O–H groups in total. The topological polar surface area (TPSA) is 69.0 Å². The van der Waals surface area contributed by atoms with Gasteiger partial charge >= 0.3 is 11.9 Å². The number of carbonyl (C=O) groups excluding carboxylic acids is 2. The smallest absolute Gasteiger partial charge is 0.381 e. The summed E-state index contributed by atoms with van der Waals surface area (Å²) in [6, 6.07) is 9.86. The maximum Gasteiger partial charge on any atom is 0.381 e. The Kier molecular flexibility index (Phi) is 4.61. The number of fused-ring (bicyclic) bond motifs is 2. The SMILES string of the molecule is CCC12C[C@]3(C)c4cc(OC)ccc4CC(N1C)[C@]3(C)CC2C(=O)OC(=O)c1ccco1. The predicted octanol–water partition coefficient (Wildman–Crippen LogP) is 4.36. The van der Waals surface area contributed by atoms with E-state index in [2.05, 4.69) is 44.9 Å². The van der Waals surface area contributed by atoms with Crippen LogP contribution in [0.25, 0.3) is 0 Å². The first-order valence-electron chi connectivity index (χ1n) is 11.4. The van der Waals surface area contributed by atoms with Crippen molar-refractivity contribution in [3.8, 4) is 5.75 Å². The lowest BCUT2D eigenvalue weighted by Crippen LogP contribution is -2.79. The number of rotatable bonds is 4. The van der Waals surface area contributed by atoms with Crippen LogP contribution in [0.1, 0.15) is 61.7 Å². The zero-order valence-electron chi connectivity index (χ0n) is 19.4. The van der Waals surface area contributed by atoms with E-state index in [4.69, 9.17) is 13.9 Å². The van der Waals surface area contributed by atoms with Gasteiger partial charge in [-0.25, -0.2) is 4.79 Å². The van der Waals surface area contributed by atoms with Crippen molar-refractivity contribution < 1.29 is 23.5 Å². The summed E-state index contributed by atoms with van der Waals surface area (Å²) in [5, 5.41) is 0. The summed E-state index contributed by atoms with van der Waals surface area (Å²) in [6.45, 7) is 6.80. The molecule has 3 heterocycles. The zero-order valence-corrected chi connectivity index (χ0v) is 19.4. The van der Waals surface area contributed by atoms with Crippen molar-refractivity contribution in [1.29, 1.82) is 0 Å². The van der Waals surface area contributed by atoms with Gasteiger partial charge in [0.25, 0.3) is 0 Å². The Labute approximate surface area is 188 Å². The molecule has 1 aromatic carbocycles. The van der Waals surface area contributed by atoms with Crippen LogP contribution in [0.3, 0.4) is 0 Å². The van der Waals surface area contributed by atoms with Crippen LogP contribution in [-0.4, -0.2) is 42.6 Å². The van der Waals surface area contributed by atoms with Gasteiger partial charge in [0, 0.05) is 17.0 Å². The van der Waals surface area contributed by atoms with E-state index in [1.54, 1.807) is 13.2 Å². The van der Waals surface area contributed by atoms with E-state index in [1.807, 2.05) is 6.07 Å². The molecular weight excluding hydrogens is 406 g/mol. The number of benzene rings is 1. The molecule has 2 aliphatic carbocycles. The Hall–Kier alpha value is -2.60. The highest BCUT2D eigenvalue weighted by atomic mass is 16.6. The van der Waals surface area contributed by atoms with Crippen LogP contribution >= 0.6 is 0 Å². The number of furan rings is 1. The number of ether oxygens (including phenoxy) is 2. The molecule has 2 aromatic rings. The normalized spacial score (nSPS) is 35.3. The second-order valence-electron chi connectivity index (χ2n) is 10.2. The summed E-state index contributed by atoms with van der Waals surface area (Å²) in [7, 11) is 3.85. The van der Waals surface area contributed by atoms with Crippen molar-refractivity contribution in [1.82, 2.24) is 4.90 Å². The van der Waals surface area contributed by atoms with E-state index in [-0.39, 0.29) is 28.0 Å². The highest BCUT2D eigenvalue weighted by Crippen LogP contribution is 2.69. The summed E-state index contributed by atoms with van der Waals surface area (Å²) >= 11 is 0. The van der Waals surface area contributed by atoms with Gasteiger partial charge in [0.1, 0.15) is 5.75 Å². The molecule has 170 valence electrons. The van der Waals surface area contributed by atoms with Crippen molar-refractivity contribution in [2.45, 2.75) is 63.5 Å². The predicted molar refractivity (Wildman–Crippen MR) is 119 cm³/mol. The molecule has 0 spiro atoms. The molecule has 0 amide bonds. The molecule has 6 rings (SSSR count). The second-order valence-corrected chi connectivity index (χ2v) is 10.2. The van der Waals surface area contributed by atoms with E-state index >= 15 is 0 Å². The Bertz CT molecular complexity index is 1080. The van der Waals surface area contributed by atoms with Gasteiger partial charge < -0.3 is 13.9 Å². The maximum atomic E-state index is 13.4. The van der Waals surface area contributed by atoms with Crippen molar-refractivity contribution in [2.75, 3.05) is 14.2 Å². The van der Waals surface area contributed by atoms with Gasteiger partial charge in [0.05, 0.1) is 19.3 Å². The molecule has 3 unspecified atom stereocenters. The van der Waals surface area contributed by atoms with Crippen LogP contribution < -0.4 is 4.74 Å². The number of methoxy groups -OCH3 is 1. The van der Waals surface area contributed by atoms with Gasteiger partial charge in [-0.05, 0) is 73.5 Å². The molecule has 1 saturated carbocycles. The molecule has 4 aliphatic rings. The van der Waals surface area contributed by atoms with Crippen LogP contribution in [-0.2, 0) is 21.4 Å². The van der Waals surface area contributed by atoms with Crippen LogP contribution in [0.4, 0.5) is 0 Å². The standard InChI is InChI=1S/C26H31NO5/c1-6-26-15-25(3)18-13-17(30-5)10-9-16(18)12-21(27(26)4)24(25,2)14-19(26)22(28)32-23(29)20-8-7-11-31-20/h7-11,13,19,21H,6,12,14-15H2,1-5H3/t19?,21?,24-,25+,26?/m0/s1. The number of carbonyl (C=O) groups is 2. The van der Waals surface area contributed by atoms with E-state index < -0.39 is 11.9 Å². The molecule has 2 aliphatic heterocycles. The molecule has 6 nitrogen and oxygen atoms in total. The number of hydrogen-bond donors (Lipinski definition) is 0. The number of piperidine rings is 2. The van der Waals surface area contributed by atoms with Crippen LogP contribution in [0, 0.1) is 11.3 Å². The average molecular weight is 438 g/mol. The largest absolute Gasteiger partial charge is 0.497 e. The average Bonchev–Trinajstić information content (AvgIpc) is 3.32. The first-order chi connectivity index (χ1) is 15.2. The third-order valence-corrected chi connectivity index (χ3v) is 9.24. The van der Waals surface area contributed by atoms with Gasteiger partial charge in [-0.2, -0.15) is 0 Å². The van der Waals surface area contributed by atoms with E-state index in [0.29, 0.717) is 12.5 Å². The first kappa shape index (κ1) is 21.3. The minimum atomic E-state index is -0.720. The van der Waals surface area contributed by atoms with Crippen molar-refractivity contribution in [2.24, 2.45) is 11.3 Å².